The molecule has 3 nitrogen and oxygen atoms in total. The third-order valence-electron chi connectivity index (χ3n) is 4.67. The molecule has 1 aliphatic rings. The van der Waals surface area contributed by atoms with Gasteiger partial charge in [-0.1, -0.05) is 18.5 Å². The Morgan fingerprint density at radius 2 is 2.12 bits per heavy atom. The van der Waals surface area contributed by atoms with Gasteiger partial charge in [-0.15, -0.1) is 0 Å². The number of benzene rings is 2. The number of nitrogens with zero attached hydrogens (tertiary/aromatic N) is 2. The van der Waals surface area contributed by atoms with Gasteiger partial charge in [-0.2, -0.15) is 0 Å². The van der Waals surface area contributed by atoms with Gasteiger partial charge in [0.05, 0.1) is 16.1 Å². The van der Waals surface area contributed by atoms with Crippen LogP contribution in [0.15, 0.2) is 36.4 Å². The van der Waals surface area contributed by atoms with Crippen LogP contribution < -0.4 is 4.90 Å². The van der Waals surface area contributed by atoms with Crippen molar-refractivity contribution < 1.29 is 4.39 Å². The highest BCUT2D eigenvalue weighted by molar-refractivity contribution is 6.33. The van der Waals surface area contributed by atoms with E-state index in [1.54, 1.807) is 6.07 Å². The highest BCUT2D eigenvalue weighted by atomic mass is 35.5. The molecule has 2 heterocycles. The second-order valence-electron chi connectivity index (χ2n) is 6.60. The molecule has 1 fully saturated rings. The molecule has 1 aliphatic heterocycles. The van der Waals surface area contributed by atoms with Gasteiger partial charge in [0.15, 0.2) is 0 Å². The van der Waals surface area contributed by atoms with Gasteiger partial charge in [-0.05, 0) is 55.2 Å². The summed E-state index contributed by atoms with van der Waals surface area (Å²) in [5, 5.41) is 0.642. The lowest BCUT2D eigenvalue weighted by atomic mass is 9.99. The number of halogens is 2. The summed E-state index contributed by atoms with van der Waals surface area (Å²) in [5.41, 5.74) is 3.43. The van der Waals surface area contributed by atoms with Crippen LogP contribution in [0.1, 0.15) is 19.8 Å². The Balaban J connectivity index is 1.74. The van der Waals surface area contributed by atoms with Gasteiger partial charge in [-0.25, -0.2) is 9.37 Å². The van der Waals surface area contributed by atoms with Crippen molar-refractivity contribution in [3.8, 4) is 11.4 Å². The first-order chi connectivity index (χ1) is 11.6. The van der Waals surface area contributed by atoms with Crippen LogP contribution in [0.4, 0.5) is 10.1 Å². The number of hydrogen-bond donors (Lipinski definition) is 1. The zero-order valence-electron chi connectivity index (χ0n) is 13.5. The molecule has 1 atom stereocenters. The molecule has 0 aliphatic carbocycles. The zero-order valence-corrected chi connectivity index (χ0v) is 14.3. The predicted octanol–water partition coefficient (Wildman–Crippen LogP) is 5.26. The van der Waals surface area contributed by atoms with Gasteiger partial charge in [0.2, 0.25) is 0 Å². The molecule has 1 saturated heterocycles. The zero-order chi connectivity index (χ0) is 16.7. The van der Waals surface area contributed by atoms with Crippen molar-refractivity contribution in [2.24, 2.45) is 5.92 Å². The lowest BCUT2D eigenvalue weighted by molar-refractivity contribution is 0.447. The van der Waals surface area contributed by atoms with E-state index in [2.05, 4.69) is 33.9 Å². The van der Waals surface area contributed by atoms with Crippen molar-refractivity contribution in [1.29, 1.82) is 0 Å². The van der Waals surface area contributed by atoms with E-state index in [9.17, 15) is 4.39 Å². The molecule has 3 aromatic rings. The van der Waals surface area contributed by atoms with Crippen molar-refractivity contribution >= 4 is 28.3 Å². The Kier molecular flexibility index (Phi) is 3.93. The highest BCUT2D eigenvalue weighted by Gasteiger charge is 2.18. The first-order valence-corrected chi connectivity index (χ1v) is 8.68. The Morgan fingerprint density at radius 1 is 1.25 bits per heavy atom. The second-order valence-corrected chi connectivity index (χ2v) is 7.01. The fraction of sp³-hybridized carbons (Fsp3) is 0.316. The van der Waals surface area contributed by atoms with E-state index in [-0.39, 0.29) is 5.82 Å². The number of nitrogens with one attached hydrogen (secondary N) is 1. The average molecular weight is 344 g/mol. The van der Waals surface area contributed by atoms with Gasteiger partial charge in [0.1, 0.15) is 11.6 Å². The van der Waals surface area contributed by atoms with Gasteiger partial charge >= 0.3 is 0 Å². The van der Waals surface area contributed by atoms with Gasteiger partial charge in [0.25, 0.3) is 0 Å². The standard InChI is InChI=1S/C19H19ClFN3/c1-12-3-2-8-24(11-12)14-5-6-16(20)15(10-14)19-22-17-7-4-13(21)9-18(17)23-19/h4-7,9-10,12H,2-3,8,11H2,1H3,(H,22,23). The summed E-state index contributed by atoms with van der Waals surface area (Å²) >= 11 is 6.40. The lowest BCUT2D eigenvalue weighted by Gasteiger charge is -2.33. The Labute approximate surface area is 145 Å². The van der Waals surface area contributed by atoms with Gasteiger partial charge in [-0.3, -0.25) is 0 Å². The number of aromatic nitrogens is 2. The third kappa shape index (κ3) is 2.86. The smallest absolute Gasteiger partial charge is 0.140 e. The topological polar surface area (TPSA) is 31.9 Å². The van der Waals surface area contributed by atoms with Crippen LogP contribution in [0.5, 0.6) is 0 Å². The van der Waals surface area contributed by atoms with Gasteiger partial charge in [0, 0.05) is 24.3 Å². The molecule has 1 unspecified atom stereocenters. The molecule has 5 heteroatoms. The molecule has 0 amide bonds. The quantitative estimate of drug-likeness (QED) is 0.688. The van der Waals surface area contributed by atoms with E-state index in [0.717, 1.165) is 29.9 Å². The fourth-order valence-electron chi connectivity index (χ4n) is 3.42. The van der Waals surface area contributed by atoms with Crippen molar-refractivity contribution in [3.05, 3.63) is 47.2 Å². The van der Waals surface area contributed by atoms with E-state index in [0.29, 0.717) is 22.3 Å². The normalized spacial score (nSPS) is 18.3. The van der Waals surface area contributed by atoms with E-state index in [1.165, 1.54) is 25.0 Å². The van der Waals surface area contributed by atoms with Crippen LogP contribution in [0.2, 0.25) is 5.02 Å². The minimum Gasteiger partial charge on any atom is -0.371 e. The van der Waals surface area contributed by atoms with Crippen LogP contribution >= 0.6 is 11.6 Å². The summed E-state index contributed by atoms with van der Waals surface area (Å²) in [5.74, 6) is 1.10. The van der Waals surface area contributed by atoms with Gasteiger partial charge < -0.3 is 9.88 Å². The molecule has 4 rings (SSSR count). The molecular formula is C19H19ClFN3. The summed E-state index contributed by atoms with van der Waals surface area (Å²) in [4.78, 5) is 10.1. The minimum absolute atomic E-state index is 0.278. The van der Waals surface area contributed by atoms with E-state index in [1.807, 2.05) is 6.07 Å². The van der Waals surface area contributed by atoms with E-state index >= 15 is 0 Å². The Bertz CT molecular complexity index is 889. The summed E-state index contributed by atoms with van der Waals surface area (Å²) in [7, 11) is 0. The summed E-state index contributed by atoms with van der Waals surface area (Å²) in [6.45, 7) is 4.42. The molecule has 124 valence electrons. The molecule has 0 saturated carbocycles. The number of anilines is 1. The molecule has 0 spiro atoms. The average Bonchev–Trinajstić information content (AvgIpc) is 2.98. The summed E-state index contributed by atoms with van der Waals surface area (Å²) < 4.78 is 13.4. The van der Waals surface area contributed by atoms with Crippen LogP contribution in [0, 0.1) is 11.7 Å². The molecule has 1 aromatic heterocycles. The largest absolute Gasteiger partial charge is 0.371 e. The number of imidazole rings is 1. The minimum atomic E-state index is -0.278. The fourth-order valence-corrected chi connectivity index (χ4v) is 3.63. The number of fused-ring (bicyclic) bond motifs is 1. The van der Waals surface area contributed by atoms with Crippen LogP contribution in [0.25, 0.3) is 22.4 Å². The van der Waals surface area contributed by atoms with Crippen LogP contribution in [-0.4, -0.2) is 23.1 Å². The molecule has 24 heavy (non-hydrogen) atoms. The summed E-state index contributed by atoms with van der Waals surface area (Å²) in [6.07, 6.45) is 2.50. The SMILES string of the molecule is CC1CCCN(c2ccc(Cl)c(-c3nc4ccc(F)cc4[nH]3)c2)C1. The third-order valence-corrected chi connectivity index (χ3v) is 5.00. The van der Waals surface area contributed by atoms with Crippen LogP contribution in [-0.2, 0) is 0 Å². The Hall–Kier alpha value is -2.07. The molecule has 0 bridgehead atoms. The van der Waals surface area contributed by atoms with E-state index < -0.39 is 0 Å². The molecule has 2 aromatic carbocycles. The maximum atomic E-state index is 13.4. The van der Waals surface area contributed by atoms with Crippen molar-refractivity contribution in [1.82, 2.24) is 9.97 Å². The second kappa shape index (κ2) is 6.10. The maximum Gasteiger partial charge on any atom is 0.140 e. The van der Waals surface area contributed by atoms with Crippen LogP contribution in [0.3, 0.4) is 0 Å². The maximum absolute atomic E-state index is 13.4. The predicted molar refractivity (Wildman–Crippen MR) is 97.1 cm³/mol. The molecule has 1 N–H and O–H groups in total. The van der Waals surface area contributed by atoms with Crippen molar-refractivity contribution in [2.75, 3.05) is 18.0 Å². The van der Waals surface area contributed by atoms with Crippen molar-refractivity contribution in [2.45, 2.75) is 19.8 Å². The lowest BCUT2D eigenvalue weighted by Crippen LogP contribution is -2.34. The monoisotopic (exact) mass is 343 g/mol. The summed E-state index contributed by atoms with van der Waals surface area (Å²) in [6, 6.07) is 10.6. The first-order valence-electron chi connectivity index (χ1n) is 8.30. The number of hydrogen-bond acceptors (Lipinski definition) is 2. The molecule has 0 radical (unpaired) electrons. The van der Waals surface area contributed by atoms with E-state index in [4.69, 9.17) is 11.6 Å². The number of H-pyrrole nitrogens is 1. The van der Waals surface area contributed by atoms with Crippen molar-refractivity contribution in [3.63, 3.8) is 0 Å². The number of rotatable bonds is 2. The highest BCUT2D eigenvalue weighted by Crippen LogP contribution is 2.33. The Morgan fingerprint density at radius 3 is 2.96 bits per heavy atom. The number of piperidine rings is 1. The number of aromatic amines is 1. The first kappa shape index (κ1) is 15.5. The molecular weight excluding hydrogens is 325 g/mol.